The summed E-state index contributed by atoms with van der Waals surface area (Å²) in [5.74, 6) is -1.16. The van der Waals surface area contributed by atoms with Gasteiger partial charge in [0.15, 0.2) is 0 Å². The minimum absolute atomic E-state index is 0.0856. The molecule has 0 aromatic heterocycles. The van der Waals surface area contributed by atoms with Gasteiger partial charge in [-0.3, -0.25) is 0 Å². The number of hydrogen-bond donors (Lipinski definition) is 3. The van der Waals surface area contributed by atoms with Crippen LogP contribution in [0.2, 0.25) is 0 Å². The first kappa shape index (κ1) is 14.3. The summed E-state index contributed by atoms with van der Waals surface area (Å²) in [6, 6.07) is 0.309. The van der Waals surface area contributed by atoms with E-state index >= 15 is 0 Å². The zero-order chi connectivity index (χ0) is 12.9. The molecule has 4 unspecified atom stereocenters. The fourth-order valence-electron chi connectivity index (χ4n) is 1.17. The van der Waals surface area contributed by atoms with E-state index < -0.39 is 24.2 Å². The molecule has 4 N–H and O–H groups in total. The summed E-state index contributed by atoms with van der Waals surface area (Å²) in [4.78, 5) is 10.5. The fourth-order valence-corrected chi connectivity index (χ4v) is 1.17. The average molecular weight is 225 g/mol. The van der Waals surface area contributed by atoms with Crippen LogP contribution in [-0.2, 0) is 0 Å². The SMILES string of the molecule is C=C(C)C(O)C(N=O)C(O)C(C#N)C(=C)N. The molecule has 0 aromatic carbocycles. The molecule has 0 rings (SSSR count). The van der Waals surface area contributed by atoms with Crippen LogP contribution in [0.5, 0.6) is 0 Å². The minimum atomic E-state index is -1.51. The lowest BCUT2D eigenvalue weighted by atomic mass is 9.90. The normalized spacial score (nSPS) is 17.6. The maximum atomic E-state index is 10.5. The number of aliphatic hydroxyl groups excluding tert-OH is 2. The van der Waals surface area contributed by atoms with Crippen LogP contribution in [0.4, 0.5) is 0 Å². The molecular formula is C10H15N3O3. The second kappa shape index (κ2) is 6.00. The molecule has 0 fully saturated rings. The lowest BCUT2D eigenvalue weighted by Gasteiger charge is -2.24. The number of nitroso groups, excluding NO2 is 1. The second-order valence-corrected chi connectivity index (χ2v) is 3.56. The topological polar surface area (TPSA) is 120 Å². The Morgan fingerprint density at radius 3 is 2.25 bits per heavy atom. The van der Waals surface area contributed by atoms with E-state index in [9.17, 15) is 15.1 Å². The first-order valence-corrected chi connectivity index (χ1v) is 4.54. The van der Waals surface area contributed by atoms with Crippen LogP contribution in [-0.4, -0.2) is 28.5 Å². The summed E-state index contributed by atoms with van der Waals surface area (Å²) in [6.07, 6.45) is -2.82. The van der Waals surface area contributed by atoms with Gasteiger partial charge in [0.05, 0.1) is 6.07 Å². The minimum Gasteiger partial charge on any atom is -0.401 e. The van der Waals surface area contributed by atoms with Crippen molar-refractivity contribution in [2.45, 2.75) is 25.2 Å². The van der Waals surface area contributed by atoms with Crippen molar-refractivity contribution in [3.05, 3.63) is 29.3 Å². The molecule has 0 aliphatic rings. The Labute approximate surface area is 93.7 Å². The highest BCUT2D eigenvalue weighted by atomic mass is 16.3. The molecule has 0 aliphatic heterocycles. The van der Waals surface area contributed by atoms with Crippen molar-refractivity contribution in [3.8, 4) is 6.07 Å². The highest BCUT2D eigenvalue weighted by Crippen LogP contribution is 2.19. The molecule has 0 aliphatic carbocycles. The van der Waals surface area contributed by atoms with Gasteiger partial charge in [-0.15, -0.1) is 0 Å². The Hall–Kier alpha value is -1.71. The molecule has 0 bridgehead atoms. The molecule has 0 amide bonds. The van der Waals surface area contributed by atoms with Crippen LogP contribution in [0.15, 0.2) is 29.6 Å². The molecular weight excluding hydrogens is 210 g/mol. The van der Waals surface area contributed by atoms with E-state index in [1.807, 2.05) is 0 Å². The molecule has 0 heterocycles. The Balaban J connectivity index is 4.98. The van der Waals surface area contributed by atoms with Gasteiger partial charge < -0.3 is 15.9 Å². The fraction of sp³-hybridized carbons (Fsp3) is 0.500. The van der Waals surface area contributed by atoms with Crippen molar-refractivity contribution in [1.82, 2.24) is 0 Å². The van der Waals surface area contributed by atoms with Gasteiger partial charge in [-0.2, -0.15) is 10.2 Å². The van der Waals surface area contributed by atoms with E-state index in [-0.39, 0.29) is 11.3 Å². The quantitative estimate of drug-likeness (QED) is 0.435. The monoisotopic (exact) mass is 225 g/mol. The van der Waals surface area contributed by atoms with Crippen LogP contribution < -0.4 is 5.73 Å². The number of nitrogens with zero attached hydrogens (tertiary/aromatic N) is 2. The van der Waals surface area contributed by atoms with Crippen molar-refractivity contribution >= 4 is 0 Å². The highest BCUT2D eigenvalue weighted by molar-refractivity contribution is 5.14. The third-order valence-electron chi connectivity index (χ3n) is 2.18. The van der Waals surface area contributed by atoms with Crippen molar-refractivity contribution < 1.29 is 10.2 Å². The van der Waals surface area contributed by atoms with Gasteiger partial charge in [-0.25, -0.2) is 0 Å². The summed E-state index contributed by atoms with van der Waals surface area (Å²) < 4.78 is 0. The number of hydrogen-bond acceptors (Lipinski definition) is 6. The summed E-state index contributed by atoms with van der Waals surface area (Å²) in [5, 5.41) is 30.6. The summed E-state index contributed by atoms with van der Waals surface area (Å²) in [6.45, 7) is 8.24. The van der Waals surface area contributed by atoms with Gasteiger partial charge >= 0.3 is 0 Å². The Morgan fingerprint density at radius 1 is 1.50 bits per heavy atom. The first-order valence-electron chi connectivity index (χ1n) is 4.54. The maximum absolute atomic E-state index is 10.5. The van der Waals surface area contributed by atoms with Crippen molar-refractivity contribution in [3.63, 3.8) is 0 Å². The standard InChI is InChI=1S/C10H15N3O3/c1-5(2)9(14)8(13-16)10(15)7(4-11)6(3)12/h7-10,14-15H,1,3,12H2,2H3. The second-order valence-electron chi connectivity index (χ2n) is 3.56. The van der Waals surface area contributed by atoms with Gasteiger partial charge in [0.25, 0.3) is 0 Å². The molecule has 16 heavy (non-hydrogen) atoms. The summed E-state index contributed by atoms with van der Waals surface area (Å²) >= 11 is 0. The largest absolute Gasteiger partial charge is 0.401 e. The Kier molecular flexibility index (Phi) is 5.36. The van der Waals surface area contributed by atoms with E-state index in [0.717, 1.165) is 0 Å². The van der Waals surface area contributed by atoms with Crippen LogP contribution >= 0.6 is 0 Å². The smallest absolute Gasteiger partial charge is 0.149 e. The lowest BCUT2D eigenvalue weighted by Crippen LogP contribution is -2.42. The Bertz CT molecular complexity index is 335. The van der Waals surface area contributed by atoms with Gasteiger partial charge in [0.1, 0.15) is 24.2 Å². The molecule has 0 radical (unpaired) electrons. The van der Waals surface area contributed by atoms with Gasteiger partial charge in [-0.1, -0.05) is 18.3 Å². The third kappa shape index (κ3) is 3.15. The molecule has 0 saturated carbocycles. The van der Waals surface area contributed by atoms with Gasteiger partial charge in [0.2, 0.25) is 0 Å². The van der Waals surface area contributed by atoms with Gasteiger partial charge in [0, 0.05) is 5.70 Å². The molecule has 0 aromatic rings. The van der Waals surface area contributed by atoms with Gasteiger partial charge in [-0.05, 0) is 12.5 Å². The number of rotatable bonds is 6. The van der Waals surface area contributed by atoms with E-state index in [0.29, 0.717) is 0 Å². The van der Waals surface area contributed by atoms with E-state index in [1.165, 1.54) is 6.92 Å². The van der Waals surface area contributed by atoms with Crippen LogP contribution in [0.25, 0.3) is 0 Å². The average Bonchev–Trinajstić information content (AvgIpc) is 2.18. The van der Waals surface area contributed by atoms with Crippen LogP contribution in [0.1, 0.15) is 6.92 Å². The number of nitriles is 1. The predicted molar refractivity (Wildman–Crippen MR) is 58.8 cm³/mol. The molecule has 6 heteroatoms. The molecule has 0 spiro atoms. The van der Waals surface area contributed by atoms with E-state index in [4.69, 9.17) is 11.0 Å². The predicted octanol–water partition coefficient (Wildman–Crippen LogP) is 0.0315. The van der Waals surface area contributed by atoms with E-state index in [1.54, 1.807) is 6.07 Å². The number of aliphatic hydroxyl groups is 2. The zero-order valence-electron chi connectivity index (χ0n) is 9.00. The Morgan fingerprint density at radius 2 is 2.00 bits per heavy atom. The summed E-state index contributed by atoms with van der Waals surface area (Å²) in [7, 11) is 0. The summed E-state index contributed by atoms with van der Waals surface area (Å²) in [5.41, 5.74) is 5.47. The highest BCUT2D eigenvalue weighted by Gasteiger charge is 2.35. The first-order chi connectivity index (χ1) is 7.36. The van der Waals surface area contributed by atoms with Crippen LogP contribution in [0, 0.1) is 22.2 Å². The molecule has 88 valence electrons. The number of nitrogens with two attached hydrogens (primary N) is 1. The van der Waals surface area contributed by atoms with Crippen molar-refractivity contribution in [1.29, 1.82) is 5.26 Å². The van der Waals surface area contributed by atoms with E-state index in [2.05, 4.69) is 18.3 Å². The molecule has 6 nitrogen and oxygen atoms in total. The zero-order valence-corrected chi connectivity index (χ0v) is 9.00. The van der Waals surface area contributed by atoms with Crippen molar-refractivity contribution in [2.75, 3.05) is 0 Å². The maximum Gasteiger partial charge on any atom is 0.149 e. The van der Waals surface area contributed by atoms with Crippen LogP contribution in [0.3, 0.4) is 0 Å². The molecule has 4 atom stereocenters. The molecule has 0 saturated heterocycles. The third-order valence-corrected chi connectivity index (χ3v) is 2.18. The lowest BCUT2D eigenvalue weighted by molar-refractivity contribution is 0.0577. The van der Waals surface area contributed by atoms with Crippen molar-refractivity contribution in [2.24, 2.45) is 16.8 Å².